The molecule has 1 aromatic carbocycles. The molecule has 0 atom stereocenters. The van der Waals surface area contributed by atoms with E-state index in [1.54, 1.807) is 7.11 Å². The number of benzene rings is 1. The van der Waals surface area contributed by atoms with Crippen LogP contribution >= 0.6 is 0 Å². The molecule has 0 aromatic heterocycles. The minimum atomic E-state index is 0.228. The highest BCUT2D eigenvalue weighted by Gasteiger charge is 2.04. The number of rotatable bonds is 6. The summed E-state index contributed by atoms with van der Waals surface area (Å²) in [5.74, 6) is 1.02. The van der Waals surface area contributed by atoms with E-state index >= 15 is 0 Å². The Labute approximate surface area is 105 Å². The second kappa shape index (κ2) is 9.88. The maximum absolute atomic E-state index is 11.7. The SMILES string of the molecule is CC.CCCCCC(=O)c1ccc(OC)cc1. The molecule has 0 unspecified atom stereocenters. The van der Waals surface area contributed by atoms with Gasteiger partial charge in [0.05, 0.1) is 7.11 Å². The molecular formula is C15H24O2. The van der Waals surface area contributed by atoms with Crippen LogP contribution in [0.5, 0.6) is 5.75 Å². The largest absolute Gasteiger partial charge is 0.497 e. The number of methoxy groups -OCH3 is 1. The fourth-order valence-electron chi connectivity index (χ4n) is 1.46. The lowest BCUT2D eigenvalue weighted by Gasteiger charge is -2.02. The van der Waals surface area contributed by atoms with Crippen LogP contribution in [0.1, 0.15) is 56.8 Å². The number of Topliss-reactive ketones (excluding diaryl/α,β-unsaturated/α-hetero) is 1. The molecule has 0 heterocycles. The van der Waals surface area contributed by atoms with Crippen LogP contribution in [-0.2, 0) is 0 Å². The van der Waals surface area contributed by atoms with Crippen LogP contribution in [0.2, 0.25) is 0 Å². The summed E-state index contributed by atoms with van der Waals surface area (Å²) >= 11 is 0. The third kappa shape index (κ3) is 6.10. The van der Waals surface area contributed by atoms with Crippen molar-refractivity contribution in [3.05, 3.63) is 29.8 Å². The molecule has 1 rings (SSSR count). The number of ketones is 1. The van der Waals surface area contributed by atoms with Gasteiger partial charge in [0.25, 0.3) is 0 Å². The molecule has 0 aliphatic heterocycles. The molecular weight excluding hydrogens is 212 g/mol. The quantitative estimate of drug-likeness (QED) is 0.537. The number of carbonyl (C=O) groups excluding carboxylic acids is 1. The van der Waals surface area contributed by atoms with Crippen LogP contribution in [0, 0.1) is 0 Å². The molecule has 0 saturated carbocycles. The van der Waals surface area contributed by atoms with Gasteiger partial charge >= 0.3 is 0 Å². The molecule has 1 aromatic rings. The zero-order valence-electron chi connectivity index (χ0n) is 11.5. The van der Waals surface area contributed by atoms with Crippen molar-refractivity contribution >= 4 is 5.78 Å². The second-order valence-electron chi connectivity index (χ2n) is 3.61. The molecule has 17 heavy (non-hydrogen) atoms. The molecule has 0 N–H and O–H groups in total. The van der Waals surface area contributed by atoms with E-state index in [9.17, 15) is 4.79 Å². The zero-order chi connectivity index (χ0) is 13.1. The number of hydrogen-bond acceptors (Lipinski definition) is 2. The van der Waals surface area contributed by atoms with E-state index in [0.29, 0.717) is 6.42 Å². The highest BCUT2D eigenvalue weighted by atomic mass is 16.5. The van der Waals surface area contributed by atoms with E-state index in [-0.39, 0.29) is 5.78 Å². The number of hydrogen-bond donors (Lipinski definition) is 0. The van der Waals surface area contributed by atoms with Crippen LogP contribution in [-0.4, -0.2) is 12.9 Å². The van der Waals surface area contributed by atoms with Crippen LogP contribution < -0.4 is 4.74 Å². The monoisotopic (exact) mass is 236 g/mol. The van der Waals surface area contributed by atoms with E-state index < -0.39 is 0 Å². The van der Waals surface area contributed by atoms with Gasteiger partial charge in [0.1, 0.15) is 5.75 Å². The van der Waals surface area contributed by atoms with Gasteiger partial charge in [0, 0.05) is 12.0 Å². The molecule has 0 radical (unpaired) electrons. The minimum absolute atomic E-state index is 0.228. The van der Waals surface area contributed by atoms with E-state index in [1.807, 2.05) is 38.1 Å². The zero-order valence-corrected chi connectivity index (χ0v) is 11.5. The summed E-state index contributed by atoms with van der Waals surface area (Å²) in [6, 6.07) is 7.31. The Morgan fingerprint density at radius 3 is 2.18 bits per heavy atom. The number of unbranched alkanes of at least 4 members (excludes halogenated alkanes) is 2. The van der Waals surface area contributed by atoms with Gasteiger partial charge < -0.3 is 4.74 Å². The average molecular weight is 236 g/mol. The number of ether oxygens (including phenoxy) is 1. The minimum Gasteiger partial charge on any atom is -0.497 e. The maximum Gasteiger partial charge on any atom is 0.162 e. The molecule has 96 valence electrons. The van der Waals surface area contributed by atoms with Gasteiger partial charge in [-0.1, -0.05) is 33.6 Å². The predicted octanol–water partition coefficient (Wildman–Crippen LogP) is 4.48. The summed E-state index contributed by atoms with van der Waals surface area (Å²) < 4.78 is 5.04. The van der Waals surface area contributed by atoms with E-state index in [1.165, 1.54) is 0 Å². The Balaban J connectivity index is 0.00000121. The Morgan fingerprint density at radius 1 is 1.12 bits per heavy atom. The lowest BCUT2D eigenvalue weighted by molar-refractivity contribution is 0.0979. The first-order valence-electron chi connectivity index (χ1n) is 6.45. The van der Waals surface area contributed by atoms with Crippen molar-refractivity contribution in [1.29, 1.82) is 0 Å². The normalized spacial score (nSPS) is 9.18. The highest BCUT2D eigenvalue weighted by Crippen LogP contribution is 2.13. The smallest absolute Gasteiger partial charge is 0.162 e. The molecule has 0 bridgehead atoms. The van der Waals surface area contributed by atoms with Crippen LogP contribution in [0.25, 0.3) is 0 Å². The summed E-state index contributed by atoms with van der Waals surface area (Å²) in [5.41, 5.74) is 0.784. The summed E-state index contributed by atoms with van der Waals surface area (Å²) in [5, 5.41) is 0. The molecule has 0 aliphatic carbocycles. The van der Waals surface area contributed by atoms with Crippen molar-refractivity contribution in [2.75, 3.05) is 7.11 Å². The third-order valence-corrected chi connectivity index (χ3v) is 2.42. The fraction of sp³-hybridized carbons (Fsp3) is 0.533. The van der Waals surface area contributed by atoms with Gasteiger partial charge in [-0.05, 0) is 30.7 Å². The molecule has 0 amide bonds. The van der Waals surface area contributed by atoms with Gasteiger partial charge in [-0.2, -0.15) is 0 Å². The van der Waals surface area contributed by atoms with Crippen molar-refractivity contribution < 1.29 is 9.53 Å². The van der Waals surface area contributed by atoms with Crippen LogP contribution in [0.15, 0.2) is 24.3 Å². The maximum atomic E-state index is 11.7. The van der Waals surface area contributed by atoms with E-state index in [4.69, 9.17) is 4.74 Å². The van der Waals surface area contributed by atoms with Gasteiger partial charge in [0.2, 0.25) is 0 Å². The lowest BCUT2D eigenvalue weighted by atomic mass is 10.0. The van der Waals surface area contributed by atoms with Gasteiger partial charge in [-0.15, -0.1) is 0 Å². The molecule has 0 saturated heterocycles. The van der Waals surface area contributed by atoms with Crippen molar-refractivity contribution in [2.45, 2.75) is 46.5 Å². The summed E-state index contributed by atoms with van der Waals surface area (Å²) in [4.78, 5) is 11.7. The lowest BCUT2D eigenvalue weighted by Crippen LogP contribution is -1.98. The fourth-order valence-corrected chi connectivity index (χ4v) is 1.46. The summed E-state index contributed by atoms with van der Waals surface area (Å²) in [7, 11) is 1.62. The highest BCUT2D eigenvalue weighted by molar-refractivity contribution is 5.96. The van der Waals surface area contributed by atoms with E-state index in [0.717, 1.165) is 30.6 Å². The van der Waals surface area contributed by atoms with Crippen molar-refractivity contribution in [3.8, 4) is 5.75 Å². The first-order chi connectivity index (χ1) is 8.27. The predicted molar refractivity (Wildman–Crippen MR) is 72.8 cm³/mol. The third-order valence-electron chi connectivity index (χ3n) is 2.42. The van der Waals surface area contributed by atoms with Crippen molar-refractivity contribution in [3.63, 3.8) is 0 Å². The molecule has 0 fully saturated rings. The van der Waals surface area contributed by atoms with Crippen LogP contribution in [0.4, 0.5) is 0 Å². The van der Waals surface area contributed by atoms with Gasteiger partial charge in [-0.3, -0.25) is 4.79 Å². The molecule has 2 nitrogen and oxygen atoms in total. The average Bonchev–Trinajstić information content (AvgIpc) is 2.41. The van der Waals surface area contributed by atoms with Crippen molar-refractivity contribution in [2.24, 2.45) is 0 Å². The second-order valence-corrected chi connectivity index (χ2v) is 3.61. The summed E-state index contributed by atoms with van der Waals surface area (Å²) in [6.07, 6.45) is 3.92. The Kier molecular flexibility index (Phi) is 9.12. The molecule has 0 aliphatic rings. The Hall–Kier alpha value is -1.31. The Morgan fingerprint density at radius 2 is 1.71 bits per heavy atom. The van der Waals surface area contributed by atoms with Crippen LogP contribution in [0.3, 0.4) is 0 Å². The van der Waals surface area contributed by atoms with Gasteiger partial charge in [-0.25, -0.2) is 0 Å². The standard InChI is InChI=1S/C13H18O2.C2H6/c1-3-4-5-6-13(14)11-7-9-12(15-2)10-8-11;1-2/h7-10H,3-6H2,1-2H3;1-2H3. The topological polar surface area (TPSA) is 26.3 Å². The van der Waals surface area contributed by atoms with E-state index in [2.05, 4.69) is 6.92 Å². The van der Waals surface area contributed by atoms with Gasteiger partial charge in [0.15, 0.2) is 5.78 Å². The first kappa shape index (κ1) is 15.7. The van der Waals surface area contributed by atoms with Crippen molar-refractivity contribution in [1.82, 2.24) is 0 Å². The first-order valence-corrected chi connectivity index (χ1v) is 6.45. The molecule has 0 spiro atoms. The summed E-state index contributed by atoms with van der Waals surface area (Å²) in [6.45, 7) is 6.14. The Bertz CT molecular complexity index is 301. The number of carbonyl (C=O) groups is 1. The molecule has 2 heteroatoms.